The van der Waals surface area contributed by atoms with Gasteiger partial charge >= 0.3 is 0 Å². The van der Waals surface area contributed by atoms with Gasteiger partial charge in [-0.1, -0.05) is 22.9 Å². The largest absolute Gasteiger partial charge is 0.497 e. The van der Waals surface area contributed by atoms with E-state index in [0.29, 0.717) is 12.8 Å². The van der Waals surface area contributed by atoms with Crippen LogP contribution in [0.15, 0.2) is 22.7 Å². The smallest absolute Gasteiger partial charge is 0.168 e. The standard InChI is InChI=1S/C14H19BrO3/c1-5-14(2,18-4)13(16)9-10-8-11(17-3)6-7-12(10)15/h6-8H,5,9H2,1-4H3. The van der Waals surface area contributed by atoms with Gasteiger partial charge in [-0.15, -0.1) is 0 Å². The Hall–Kier alpha value is -0.870. The first-order chi connectivity index (χ1) is 8.46. The van der Waals surface area contributed by atoms with Gasteiger partial charge in [-0.05, 0) is 37.1 Å². The first-order valence-electron chi connectivity index (χ1n) is 5.87. The Morgan fingerprint density at radius 2 is 2.06 bits per heavy atom. The van der Waals surface area contributed by atoms with Gasteiger partial charge in [-0.3, -0.25) is 4.79 Å². The van der Waals surface area contributed by atoms with E-state index < -0.39 is 5.60 Å². The van der Waals surface area contributed by atoms with Crippen molar-refractivity contribution in [1.29, 1.82) is 0 Å². The second-order valence-electron chi connectivity index (χ2n) is 4.35. The number of benzene rings is 1. The van der Waals surface area contributed by atoms with Gasteiger partial charge in [0.25, 0.3) is 0 Å². The molecule has 0 spiro atoms. The van der Waals surface area contributed by atoms with Crippen LogP contribution < -0.4 is 4.74 Å². The van der Waals surface area contributed by atoms with E-state index in [1.807, 2.05) is 32.0 Å². The van der Waals surface area contributed by atoms with Crippen molar-refractivity contribution in [1.82, 2.24) is 0 Å². The van der Waals surface area contributed by atoms with Gasteiger partial charge in [-0.25, -0.2) is 0 Å². The van der Waals surface area contributed by atoms with E-state index in [2.05, 4.69) is 15.9 Å². The zero-order valence-corrected chi connectivity index (χ0v) is 12.8. The average molecular weight is 315 g/mol. The molecule has 0 aliphatic carbocycles. The van der Waals surface area contributed by atoms with Gasteiger partial charge in [0.1, 0.15) is 11.4 Å². The summed E-state index contributed by atoms with van der Waals surface area (Å²) < 4.78 is 11.4. The molecule has 0 heterocycles. The minimum atomic E-state index is -0.720. The second kappa shape index (κ2) is 6.34. The molecule has 0 fully saturated rings. The molecular formula is C14H19BrO3. The SMILES string of the molecule is CCC(C)(OC)C(=O)Cc1cc(OC)ccc1Br. The molecule has 3 nitrogen and oxygen atoms in total. The van der Waals surface area contributed by atoms with E-state index in [-0.39, 0.29) is 5.78 Å². The molecule has 100 valence electrons. The van der Waals surface area contributed by atoms with Crippen LogP contribution in [-0.4, -0.2) is 25.6 Å². The Labute approximate surface area is 117 Å². The second-order valence-corrected chi connectivity index (χ2v) is 5.20. The van der Waals surface area contributed by atoms with Gasteiger partial charge in [0.2, 0.25) is 0 Å². The first-order valence-corrected chi connectivity index (χ1v) is 6.67. The predicted molar refractivity (Wildman–Crippen MR) is 75.1 cm³/mol. The van der Waals surface area contributed by atoms with Crippen molar-refractivity contribution in [2.45, 2.75) is 32.3 Å². The molecule has 18 heavy (non-hydrogen) atoms. The zero-order chi connectivity index (χ0) is 13.8. The van der Waals surface area contributed by atoms with E-state index in [1.165, 1.54) is 0 Å². The number of hydrogen-bond acceptors (Lipinski definition) is 3. The lowest BCUT2D eigenvalue weighted by Crippen LogP contribution is -2.37. The van der Waals surface area contributed by atoms with Crippen LogP contribution in [0, 0.1) is 0 Å². The van der Waals surface area contributed by atoms with E-state index in [4.69, 9.17) is 9.47 Å². The normalized spacial score (nSPS) is 14.1. The fourth-order valence-electron chi connectivity index (χ4n) is 1.63. The third kappa shape index (κ3) is 3.33. The number of methoxy groups -OCH3 is 2. The van der Waals surface area contributed by atoms with Gasteiger partial charge in [0, 0.05) is 18.0 Å². The Kier molecular flexibility index (Phi) is 5.35. The van der Waals surface area contributed by atoms with E-state index in [9.17, 15) is 4.79 Å². The molecule has 1 aromatic carbocycles. The lowest BCUT2D eigenvalue weighted by Gasteiger charge is -2.25. The first kappa shape index (κ1) is 15.2. The lowest BCUT2D eigenvalue weighted by atomic mass is 9.92. The van der Waals surface area contributed by atoms with Crippen molar-refractivity contribution >= 4 is 21.7 Å². The summed E-state index contributed by atoms with van der Waals surface area (Å²) in [4.78, 5) is 12.3. The molecule has 1 aromatic rings. The summed E-state index contributed by atoms with van der Waals surface area (Å²) >= 11 is 3.45. The van der Waals surface area contributed by atoms with Crippen LogP contribution in [0.25, 0.3) is 0 Å². The molecular weight excluding hydrogens is 296 g/mol. The molecule has 0 aliphatic rings. The maximum atomic E-state index is 12.3. The molecule has 0 aromatic heterocycles. The highest BCUT2D eigenvalue weighted by molar-refractivity contribution is 9.10. The molecule has 0 saturated heterocycles. The van der Waals surface area contributed by atoms with Gasteiger partial charge in [0.15, 0.2) is 5.78 Å². The highest BCUT2D eigenvalue weighted by atomic mass is 79.9. The Morgan fingerprint density at radius 3 is 2.56 bits per heavy atom. The van der Waals surface area contributed by atoms with Crippen molar-refractivity contribution in [2.24, 2.45) is 0 Å². The van der Waals surface area contributed by atoms with Gasteiger partial charge < -0.3 is 9.47 Å². The molecule has 1 atom stereocenters. The summed E-state index contributed by atoms with van der Waals surface area (Å²) in [5.41, 5.74) is 0.193. The number of rotatable bonds is 6. The fraction of sp³-hybridized carbons (Fsp3) is 0.500. The highest BCUT2D eigenvalue weighted by Crippen LogP contribution is 2.26. The predicted octanol–water partition coefficient (Wildman–Crippen LogP) is 3.38. The van der Waals surface area contributed by atoms with Crippen LogP contribution in [0.2, 0.25) is 0 Å². The maximum Gasteiger partial charge on any atom is 0.168 e. The molecule has 1 unspecified atom stereocenters. The third-order valence-corrected chi connectivity index (χ3v) is 4.09. The number of halogens is 1. The van der Waals surface area contributed by atoms with Crippen LogP contribution >= 0.6 is 15.9 Å². The average Bonchev–Trinajstić information content (AvgIpc) is 2.40. The van der Waals surface area contributed by atoms with Crippen molar-refractivity contribution < 1.29 is 14.3 Å². The number of Topliss-reactive ketones (excluding diaryl/α,β-unsaturated/α-hetero) is 1. The topological polar surface area (TPSA) is 35.5 Å². The van der Waals surface area contributed by atoms with Crippen LogP contribution in [0.5, 0.6) is 5.75 Å². The lowest BCUT2D eigenvalue weighted by molar-refractivity contribution is -0.138. The van der Waals surface area contributed by atoms with Crippen LogP contribution in [0.4, 0.5) is 0 Å². The Balaban J connectivity index is 2.94. The van der Waals surface area contributed by atoms with Gasteiger partial charge in [-0.2, -0.15) is 0 Å². The minimum Gasteiger partial charge on any atom is -0.497 e. The van der Waals surface area contributed by atoms with Crippen molar-refractivity contribution in [3.8, 4) is 5.75 Å². The number of carbonyl (C=O) groups excluding carboxylic acids is 1. The summed E-state index contributed by atoms with van der Waals surface area (Å²) in [6.45, 7) is 3.77. The monoisotopic (exact) mass is 314 g/mol. The van der Waals surface area contributed by atoms with Crippen molar-refractivity contribution in [2.75, 3.05) is 14.2 Å². The quantitative estimate of drug-likeness (QED) is 0.807. The molecule has 0 saturated carbocycles. The van der Waals surface area contributed by atoms with Crippen LogP contribution in [0.3, 0.4) is 0 Å². The maximum absolute atomic E-state index is 12.3. The Morgan fingerprint density at radius 1 is 1.39 bits per heavy atom. The van der Waals surface area contributed by atoms with Crippen LogP contribution in [0.1, 0.15) is 25.8 Å². The van der Waals surface area contributed by atoms with E-state index in [0.717, 1.165) is 15.8 Å². The summed E-state index contributed by atoms with van der Waals surface area (Å²) in [7, 11) is 3.18. The summed E-state index contributed by atoms with van der Waals surface area (Å²) in [6, 6.07) is 5.61. The fourth-order valence-corrected chi connectivity index (χ4v) is 2.02. The Bertz CT molecular complexity index is 425. The third-order valence-electron chi connectivity index (χ3n) is 3.32. The van der Waals surface area contributed by atoms with Crippen molar-refractivity contribution in [3.63, 3.8) is 0 Å². The molecule has 0 radical (unpaired) electrons. The molecule has 0 amide bonds. The number of ketones is 1. The van der Waals surface area contributed by atoms with E-state index in [1.54, 1.807) is 14.2 Å². The zero-order valence-electron chi connectivity index (χ0n) is 11.2. The van der Waals surface area contributed by atoms with Crippen LogP contribution in [-0.2, 0) is 16.0 Å². The van der Waals surface area contributed by atoms with Gasteiger partial charge in [0.05, 0.1) is 7.11 Å². The molecule has 0 N–H and O–H groups in total. The molecule has 4 heteroatoms. The highest BCUT2D eigenvalue weighted by Gasteiger charge is 2.30. The van der Waals surface area contributed by atoms with E-state index >= 15 is 0 Å². The number of carbonyl (C=O) groups is 1. The molecule has 0 aliphatic heterocycles. The van der Waals surface area contributed by atoms with Crippen molar-refractivity contribution in [3.05, 3.63) is 28.2 Å². The molecule has 1 rings (SSSR count). The summed E-state index contributed by atoms with van der Waals surface area (Å²) in [5.74, 6) is 0.818. The molecule has 0 bridgehead atoms. The number of hydrogen-bond donors (Lipinski definition) is 0. The summed E-state index contributed by atoms with van der Waals surface area (Å²) in [6.07, 6.45) is 0.986. The summed E-state index contributed by atoms with van der Waals surface area (Å²) in [5, 5.41) is 0. The minimum absolute atomic E-state index is 0.0708. The number of ether oxygens (including phenoxy) is 2.